The van der Waals surface area contributed by atoms with Crippen LogP contribution < -0.4 is 4.74 Å². The number of ether oxygens (including phenoxy) is 2. The molecule has 3 heteroatoms. The van der Waals surface area contributed by atoms with Crippen LogP contribution in [0.4, 0.5) is 0 Å². The average molecular weight is 273 g/mol. The summed E-state index contributed by atoms with van der Waals surface area (Å²) in [6.07, 6.45) is 8.57. The van der Waals surface area contributed by atoms with Crippen LogP contribution in [0.5, 0.6) is 5.75 Å². The molecule has 0 heterocycles. The Hall–Kier alpha value is -1.53. The van der Waals surface area contributed by atoms with Gasteiger partial charge in [0.25, 0.3) is 0 Å². The van der Waals surface area contributed by atoms with Gasteiger partial charge in [0, 0.05) is 0 Å². The predicted molar refractivity (Wildman–Crippen MR) is 78.7 cm³/mol. The zero-order valence-corrected chi connectivity index (χ0v) is 12.0. The molecule has 0 unspecified atom stereocenters. The number of nitrogens with zero attached hydrogens (tertiary/aromatic N) is 1. The number of hydrogen-bond acceptors (Lipinski definition) is 3. The lowest BCUT2D eigenvalue weighted by Crippen LogP contribution is -2.16. The van der Waals surface area contributed by atoms with Crippen molar-refractivity contribution in [2.75, 3.05) is 13.2 Å². The van der Waals surface area contributed by atoms with Crippen LogP contribution in [0.25, 0.3) is 0 Å². The first kappa shape index (κ1) is 14.9. The average Bonchev–Trinajstić information content (AvgIpc) is 2.74. The Kier molecular flexibility index (Phi) is 6.40. The third-order valence-corrected chi connectivity index (χ3v) is 3.71. The highest BCUT2D eigenvalue weighted by molar-refractivity contribution is 5.28. The summed E-state index contributed by atoms with van der Waals surface area (Å²) in [6.45, 7) is 1.25. The van der Waals surface area contributed by atoms with E-state index in [1.54, 1.807) is 0 Å². The second-order valence-electron chi connectivity index (χ2n) is 5.31. The van der Waals surface area contributed by atoms with Gasteiger partial charge < -0.3 is 9.47 Å². The lowest BCUT2D eigenvalue weighted by molar-refractivity contribution is 0.0254. The van der Waals surface area contributed by atoms with Gasteiger partial charge in [0.05, 0.1) is 25.2 Å². The van der Waals surface area contributed by atoms with Crippen molar-refractivity contribution in [3.05, 3.63) is 29.8 Å². The zero-order valence-electron chi connectivity index (χ0n) is 12.0. The van der Waals surface area contributed by atoms with Crippen molar-refractivity contribution < 1.29 is 9.47 Å². The first-order valence-electron chi connectivity index (χ1n) is 7.59. The Labute approximate surface area is 121 Å². The summed E-state index contributed by atoms with van der Waals surface area (Å²) in [6, 6.07) is 9.84. The van der Waals surface area contributed by atoms with Gasteiger partial charge in [-0.2, -0.15) is 5.26 Å². The summed E-state index contributed by atoms with van der Waals surface area (Å²) in [5.74, 6) is 0.844. The molecule has 0 saturated heterocycles. The molecule has 0 bridgehead atoms. The van der Waals surface area contributed by atoms with Gasteiger partial charge in [0.15, 0.2) is 0 Å². The molecule has 0 aliphatic heterocycles. The van der Waals surface area contributed by atoms with E-state index in [-0.39, 0.29) is 0 Å². The van der Waals surface area contributed by atoms with E-state index < -0.39 is 0 Å². The van der Waals surface area contributed by atoms with Gasteiger partial charge in [0.1, 0.15) is 12.4 Å². The normalized spacial score (nSPS) is 16.4. The molecule has 3 nitrogen and oxygen atoms in total. The molecule has 0 spiro atoms. The Balaban J connectivity index is 1.64. The molecule has 0 atom stereocenters. The van der Waals surface area contributed by atoms with Crippen LogP contribution >= 0.6 is 0 Å². The Morgan fingerprint density at radius 1 is 1.00 bits per heavy atom. The van der Waals surface area contributed by atoms with Crippen molar-refractivity contribution in [3.8, 4) is 11.8 Å². The maximum Gasteiger partial charge on any atom is 0.119 e. The first-order chi connectivity index (χ1) is 9.88. The van der Waals surface area contributed by atoms with Gasteiger partial charge in [-0.3, -0.25) is 0 Å². The van der Waals surface area contributed by atoms with Crippen LogP contribution in [-0.4, -0.2) is 19.3 Å². The smallest absolute Gasteiger partial charge is 0.119 e. The van der Waals surface area contributed by atoms with Crippen molar-refractivity contribution in [2.24, 2.45) is 0 Å². The molecule has 0 aromatic heterocycles. The Morgan fingerprint density at radius 2 is 1.70 bits per heavy atom. The fraction of sp³-hybridized carbons (Fsp3) is 0.588. The second-order valence-corrected chi connectivity index (χ2v) is 5.31. The molecule has 1 aromatic carbocycles. The number of nitriles is 1. The minimum atomic E-state index is 0.430. The SMILES string of the molecule is N#CCc1ccc(OCCOC2CCCCCC2)cc1. The maximum atomic E-state index is 8.61. The topological polar surface area (TPSA) is 42.2 Å². The highest BCUT2D eigenvalue weighted by Gasteiger charge is 2.12. The molecule has 0 amide bonds. The van der Waals surface area contributed by atoms with Crippen molar-refractivity contribution in [3.63, 3.8) is 0 Å². The summed E-state index contributed by atoms with van der Waals surface area (Å²) in [7, 11) is 0. The van der Waals surface area contributed by atoms with Gasteiger partial charge in [-0.15, -0.1) is 0 Å². The minimum absolute atomic E-state index is 0.430. The van der Waals surface area contributed by atoms with Crippen LogP contribution in [0.15, 0.2) is 24.3 Å². The predicted octanol–water partition coefficient (Wildman–Crippen LogP) is 3.87. The molecule has 1 aliphatic rings. The fourth-order valence-corrected chi connectivity index (χ4v) is 2.58. The number of rotatable bonds is 6. The summed E-state index contributed by atoms with van der Waals surface area (Å²) < 4.78 is 11.5. The molecule has 108 valence electrons. The summed E-state index contributed by atoms with van der Waals surface area (Å²) in [5, 5.41) is 8.61. The van der Waals surface area contributed by atoms with Crippen LogP contribution in [0.2, 0.25) is 0 Å². The molecule has 1 fully saturated rings. The van der Waals surface area contributed by atoms with Crippen LogP contribution in [0, 0.1) is 11.3 Å². The highest BCUT2D eigenvalue weighted by Crippen LogP contribution is 2.19. The van der Waals surface area contributed by atoms with Crippen molar-refractivity contribution >= 4 is 0 Å². The van der Waals surface area contributed by atoms with E-state index in [1.165, 1.54) is 38.5 Å². The number of benzene rings is 1. The van der Waals surface area contributed by atoms with E-state index in [9.17, 15) is 0 Å². The summed E-state index contributed by atoms with van der Waals surface area (Å²) >= 11 is 0. The monoisotopic (exact) mass is 273 g/mol. The molecule has 1 aliphatic carbocycles. The van der Waals surface area contributed by atoms with Crippen LogP contribution in [-0.2, 0) is 11.2 Å². The van der Waals surface area contributed by atoms with Gasteiger partial charge in [-0.25, -0.2) is 0 Å². The summed E-state index contributed by atoms with van der Waals surface area (Å²) in [5.41, 5.74) is 1.02. The molecule has 0 N–H and O–H groups in total. The van der Waals surface area contributed by atoms with E-state index in [0.29, 0.717) is 25.7 Å². The molecule has 0 radical (unpaired) electrons. The van der Waals surface area contributed by atoms with Crippen LogP contribution in [0.3, 0.4) is 0 Å². The lowest BCUT2D eigenvalue weighted by atomic mass is 10.1. The van der Waals surface area contributed by atoms with E-state index in [4.69, 9.17) is 14.7 Å². The third-order valence-electron chi connectivity index (χ3n) is 3.71. The Bertz CT molecular complexity index is 414. The molecule has 2 rings (SSSR count). The van der Waals surface area contributed by atoms with E-state index in [1.807, 2.05) is 24.3 Å². The van der Waals surface area contributed by atoms with Gasteiger partial charge in [-0.1, -0.05) is 37.8 Å². The van der Waals surface area contributed by atoms with Gasteiger partial charge in [0.2, 0.25) is 0 Å². The van der Waals surface area contributed by atoms with Gasteiger partial charge in [-0.05, 0) is 30.5 Å². The minimum Gasteiger partial charge on any atom is -0.491 e. The molecule has 20 heavy (non-hydrogen) atoms. The third kappa shape index (κ3) is 5.22. The van der Waals surface area contributed by atoms with Gasteiger partial charge >= 0.3 is 0 Å². The molecule has 1 saturated carbocycles. The highest BCUT2D eigenvalue weighted by atomic mass is 16.5. The fourth-order valence-electron chi connectivity index (χ4n) is 2.58. The zero-order chi connectivity index (χ0) is 14.0. The molecule has 1 aromatic rings. The summed E-state index contributed by atoms with van der Waals surface area (Å²) in [4.78, 5) is 0. The van der Waals surface area contributed by atoms with E-state index >= 15 is 0 Å². The molecular formula is C17H23NO2. The Morgan fingerprint density at radius 3 is 2.35 bits per heavy atom. The molecular weight excluding hydrogens is 250 g/mol. The van der Waals surface area contributed by atoms with E-state index in [0.717, 1.165) is 11.3 Å². The van der Waals surface area contributed by atoms with E-state index in [2.05, 4.69) is 6.07 Å². The number of hydrogen-bond donors (Lipinski definition) is 0. The maximum absolute atomic E-state index is 8.61. The second kappa shape index (κ2) is 8.60. The lowest BCUT2D eigenvalue weighted by Gasteiger charge is -2.15. The standard InChI is InChI=1S/C17H23NO2/c18-12-11-15-7-9-17(10-8-15)20-14-13-19-16-5-3-1-2-4-6-16/h7-10,16H,1-6,11,13-14H2. The van der Waals surface area contributed by atoms with Crippen LogP contribution in [0.1, 0.15) is 44.1 Å². The van der Waals surface area contributed by atoms with Crippen molar-refractivity contribution in [1.29, 1.82) is 5.26 Å². The largest absolute Gasteiger partial charge is 0.491 e. The quantitative estimate of drug-likeness (QED) is 0.583. The van der Waals surface area contributed by atoms with Crippen molar-refractivity contribution in [2.45, 2.75) is 51.0 Å². The van der Waals surface area contributed by atoms with Crippen molar-refractivity contribution in [1.82, 2.24) is 0 Å². The first-order valence-corrected chi connectivity index (χ1v) is 7.59.